The molecule has 0 unspecified atom stereocenters. The lowest BCUT2D eigenvalue weighted by Gasteiger charge is -1.96. The fourth-order valence-corrected chi connectivity index (χ4v) is 2.18. The summed E-state index contributed by atoms with van der Waals surface area (Å²) in [6.07, 6.45) is 6.18. The SMILES string of the molecule is O=S(=O)(/C=C/c1ccncc1)c1ccccn1. The van der Waals surface area contributed by atoms with E-state index in [1.165, 1.54) is 18.3 Å². The summed E-state index contributed by atoms with van der Waals surface area (Å²) in [5.74, 6) is 0. The van der Waals surface area contributed by atoms with Gasteiger partial charge in [-0.15, -0.1) is 0 Å². The molecule has 0 atom stereocenters. The van der Waals surface area contributed by atoms with Crippen LogP contribution in [0.4, 0.5) is 0 Å². The van der Waals surface area contributed by atoms with E-state index in [0.29, 0.717) is 0 Å². The first-order chi connectivity index (χ1) is 8.18. The Balaban J connectivity index is 2.28. The van der Waals surface area contributed by atoms with Gasteiger partial charge in [0.1, 0.15) is 0 Å². The van der Waals surface area contributed by atoms with Gasteiger partial charge in [-0.05, 0) is 35.9 Å². The minimum absolute atomic E-state index is 0.0466. The van der Waals surface area contributed by atoms with E-state index in [1.807, 2.05) is 0 Å². The first kappa shape index (κ1) is 11.5. The number of nitrogens with zero attached hydrogens (tertiary/aromatic N) is 2. The van der Waals surface area contributed by atoms with Crippen LogP contribution in [-0.4, -0.2) is 18.4 Å². The Kier molecular flexibility index (Phi) is 3.30. The van der Waals surface area contributed by atoms with Crippen LogP contribution in [0.3, 0.4) is 0 Å². The highest BCUT2D eigenvalue weighted by Crippen LogP contribution is 2.10. The van der Waals surface area contributed by atoms with Gasteiger partial charge in [0.05, 0.1) is 0 Å². The average Bonchev–Trinajstić information content (AvgIpc) is 2.39. The van der Waals surface area contributed by atoms with Crippen LogP contribution in [-0.2, 0) is 9.84 Å². The molecule has 0 spiro atoms. The van der Waals surface area contributed by atoms with Crippen molar-refractivity contribution >= 4 is 15.9 Å². The van der Waals surface area contributed by atoms with Crippen molar-refractivity contribution in [3.63, 3.8) is 0 Å². The van der Waals surface area contributed by atoms with Crippen molar-refractivity contribution in [2.45, 2.75) is 5.03 Å². The summed E-state index contributed by atoms with van der Waals surface area (Å²) in [4.78, 5) is 7.66. The molecule has 2 aromatic heterocycles. The molecule has 0 aliphatic rings. The van der Waals surface area contributed by atoms with Crippen LogP contribution in [0, 0.1) is 0 Å². The van der Waals surface area contributed by atoms with Gasteiger partial charge in [0, 0.05) is 24.0 Å². The van der Waals surface area contributed by atoms with Crippen LogP contribution in [0.2, 0.25) is 0 Å². The summed E-state index contributed by atoms with van der Waals surface area (Å²) in [7, 11) is -3.47. The van der Waals surface area contributed by atoms with Crippen molar-refractivity contribution < 1.29 is 8.42 Å². The van der Waals surface area contributed by atoms with Gasteiger partial charge in [0.25, 0.3) is 0 Å². The van der Waals surface area contributed by atoms with Crippen LogP contribution in [0.15, 0.2) is 59.4 Å². The molecule has 0 aliphatic heterocycles. The topological polar surface area (TPSA) is 59.9 Å². The smallest absolute Gasteiger partial charge is 0.217 e. The first-order valence-electron chi connectivity index (χ1n) is 4.93. The van der Waals surface area contributed by atoms with Gasteiger partial charge in [-0.1, -0.05) is 6.07 Å². The lowest BCUT2D eigenvalue weighted by molar-refractivity contribution is 0.601. The van der Waals surface area contributed by atoms with Gasteiger partial charge >= 0.3 is 0 Å². The summed E-state index contributed by atoms with van der Waals surface area (Å²) in [5.41, 5.74) is 0.777. The van der Waals surface area contributed by atoms with Gasteiger partial charge in [-0.3, -0.25) is 4.98 Å². The predicted molar refractivity (Wildman–Crippen MR) is 64.7 cm³/mol. The van der Waals surface area contributed by atoms with Crippen LogP contribution in [0.5, 0.6) is 0 Å². The predicted octanol–water partition coefficient (Wildman–Crippen LogP) is 1.92. The van der Waals surface area contributed by atoms with Gasteiger partial charge in [-0.2, -0.15) is 0 Å². The normalized spacial score (nSPS) is 11.8. The maximum atomic E-state index is 11.8. The molecule has 4 nitrogen and oxygen atoms in total. The van der Waals surface area contributed by atoms with E-state index >= 15 is 0 Å². The lowest BCUT2D eigenvalue weighted by atomic mass is 10.3. The van der Waals surface area contributed by atoms with E-state index in [2.05, 4.69) is 9.97 Å². The van der Waals surface area contributed by atoms with Crippen LogP contribution in [0.25, 0.3) is 6.08 Å². The zero-order valence-corrected chi connectivity index (χ0v) is 9.71. The molecule has 2 rings (SSSR count). The summed E-state index contributed by atoms with van der Waals surface area (Å²) < 4.78 is 23.7. The standard InChI is InChI=1S/C12H10N2O2S/c15-17(16,12-3-1-2-7-14-12)10-6-11-4-8-13-9-5-11/h1-10H/b10-6+. The molecule has 17 heavy (non-hydrogen) atoms. The quantitative estimate of drug-likeness (QED) is 0.830. The monoisotopic (exact) mass is 246 g/mol. The second-order valence-corrected chi connectivity index (χ2v) is 5.08. The van der Waals surface area contributed by atoms with E-state index in [-0.39, 0.29) is 5.03 Å². The summed E-state index contributed by atoms with van der Waals surface area (Å²) in [5, 5.41) is 1.19. The molecule has 0 saturated heterocycles. The third-order valence-corrected chi connectivity index (χ3v) is 3.39. The number of pyridine rings is 2. The Hall–Kier alpha value is -2.01. The molecule has 0 N–H and O–H groups in total. The maximum absolute atomic E-state index is 11.8. The minimum atomic E-state index is -3.47. The van der Waals surface area contributed by atoms with E-state index < -0.39 is 9.84 Å². The fourth-order valence-electron chi connectivity index (χ4n) is 1.23. The number of sulfone groups is 1. The highest BCUT2D eigenvalue weighted by Gasteiger charge is 2.10. The van der Waals surface area contributed by atoms with E-state index in [0.717, 1.165) is 11.0 Å². The third kappa shape index (κ3) is 2.98. The van der Waals surface area contributed by atoms with Gasteiger partial charge in [0.2, 0.25) is 9.84 Å². The van der Waals surface area contributed by atoms with Gasteiger partial charge in [0.15, 0.2) is 5.03 Å². The number of hydrogen-bond donors (Lipinski definition) is 0. The minimum Gasteiger partial charge on any atom is -0.265 e. The van der Waals surface area contributed by atoms with Gasteiger partial charge in [-0.25, -0.2) is 13.4 Å². The first-order valence-corrected chi connectivity index (χ1v) is 6.47. The van der Waals surface area contributed by atoms with Crippen molar-refractivity contribution in [3.05, 3.63) is 59.9 Å². The molecule has 0 radical (unpaired) electrons. The van der Waals surface area contributed by atoms with Crippen molar-refractivity contribution in [3.8, 4) is 0 Å². The highest BCUT2D eigenvalue weighted by molar-refractivity contribution is 7.94. The maximum Gasteiger partial charge on any atom is 0.217 e. The van der Waals surface area contributed by atoms with E-state index in [1.54, 1.807) is 36.7 Å². The molecular formula is C12H10N2O2S. The molecule has 2 aromatic rings. The molecule has 0 fully saturated rings. The molecule has 5 heteroatoms. The van der Waals surface area contributed by atoms with E-state index in [9.17, 15) is 8.42 Å². The number of rotatable bonds is 3. The molecule has 0 bridgehead atoms. The molecule has 2 heterocycles. The van der Waals surface area contributed by atoms with Crippen molar-refractivity contribution in [1.29, 1.82) is 0 Å². The fraction of sp³-hybridized carbons (Fsp3) is 0. The number of aromatic nitrogens is 2. The Labute approximate surface area is 99.6 Å². The van der Waals surface area contributed by atoms with Crippen molar-refractivity contribution in [2.24, 2.45) is 0 Å². The second kappa shape index (κ2) is 4.88. The van der Waals surface area contributed by atoms with E-state index in [4.69, 9.17) is 0 Å². The Morgan fingerprint density at radius 3 is 2.41 bits per heavy atom. The Bertz CT molecular complexity index is 607. The van der Waals surface area contributed by atoms with Gasteiger partial charge < -0.3 is 0 Å². The van der Waals surface area contributed by atoms with Crippen LogP contribution < -0.4 is 0 Å². The third-order valence-electron chi connectivity index (χ3n) is 2.08. The molecule has 86 valence electrons. The zero-order valence-electron chi connectivity index (χ0n) is 8.89. The summed E-state index contributed by atoms with van der Waals surface area (Å²) >= 11 is 0. The number of hydrogen-bond acceptors (Lipinski definition) is 4. The second-order valence-electron chi connectivity index (χ2n) is 3.30. The largest absolute Gasteiger partial charge is 0.265 e. The highest BCUT2D eigenvalue weighted by atomic mass is 32.2. The van der Waals surface area contributed by atoms with Crippen molar-refractivity contribution in [1.82, 2.24) is 9.97 Å². The molecule has 0 aromatic carbocycles. The average molecular weight is 246 g/mol. The molecule has 0 amide bonds. The summed E-state index contributed by atoms with van der Waals surface area (Å²) in [6.45, 7) is 0. The van der Waals surface area contributed by atoms with Crippen LogP contribution >= 0.6 is 0 Å². The molecule has 0 saturated carbocycles. The lowest BCUT2D eigenvalue weighted by Crippen LogP contribution is -1.98. The summed E-state index contributed by atoms with van der Waals surface area (Å²) in [6, 6.07) is 8.23. The Morgan fingerprint density at radius 1 is 1.00 bits per heavy atom. The molecule has 0 aliphatic carbocycles. The zero-order chi connectivity index (χ0) is 12.1. The van der Waals surface area contributed by atoms with Crippen molar-refractivity contribution in [2.75, 3.05) is 0 Å². The van der Waals surface area contributed by atoms with Crippen LogP contribution in [0.1, 0.15) is 5.56 Å². The molecular weight excluding hydrogens is 236 g/mol. The Morgan fingerprint density at radius 2 is 1.76 bits per heavy atom.